The van der Waals surface area contributed by atoms with Gasteiger partial charge in [0.2, 0.25) is 5.91 Å². The predicted molar refractivity (Wildman–Crippen MR) is 86.4 cm³/mol. The molecule has 1 saturated carbocycles. The van der Waals surface area contributed by atoms with Crippen LogP contribution in [0.2, 0.25) is 0 Å². The number of hydrogen-bond acceptors (Lipinski definition) is 3. The van der Waals surface area contributed by atoms with Crippen LogP contribution < -0.4 is 5.32 Å². The molecule has 0 spiro atoms. The normalized spacial score (nSPS) is 23.0. The number of hydrogen-bond donors (Lipinski definition) is 3. The third-order valence-electron chi connectivity index (χ3n) is 4.32. The van der Waals surface area contributed by atoms with Crippen LogP contribution in [0.3, 0.4) is 0 Å². The van der Waals surface area contributed by atoms with E-state index in [0.29, 0.717) is 25.7 Å². The van der Waals surface area contributed by atoms with Crippen molar-refractivity contribution in [2.24, 2.45) is 0 Å². The molecule has 0 aromatic heterocycles. The molecular formula is C18H27NO3. The quantitative estimate of drug-likeness (QED) is 0.723. The van der Waals surface area contributed by atoms with E-state index in [2.05, 4.69) is 5.32 Å². The first-order valence-corrected chi connectivity index (χ1v) is 8.33. The van der Waals surface area contributed by atoms with Crippen LogP contribution in [-0.4, -0.2) is 34.4 Å². The van der Waals surface area contributed by atoms with Gasteiger partial charge in [0.05, 0.1) is 12.2 Å². The Balaban J connectivity index is 1.58. The van der Waals surface area contributed by atoms with Gasteiger partial charge >= 0.3 is 0 Å². The molecular weight excluding hydrogens is 278 g/mol. The van der Waals surface area contributed by atoms with E-state index < -0.39 is 0 Å². The number of carbonyl (C=O) groups excluding carboxylic acids is 1. The summed E-state index contributed by atoms with van der Waals surface area (Å²) in [5.41, 5.74) is 1.13. The van der Waals surface area contributed by atoms with Gasteiger partial charge in [-0.2, -0.15) is 0 Å². The second kappa shape index (κ2) is 8.91. The van der Waals surface area contributed by atoms with Crippen LogP contribution in [0.25, 0.3) is 0 Å². The molecule has 0 saturated heterocycles. The fourth-order valence-corrected chi connectivity index (χ4v) is 3.01. The summed E-state index contributed by atoms with van der Waals surface area (Å²) in [6.07, 6.45) is 5.16. The average molecular weight is 305 g/mol. The summed E-state index contributed by atoms with van der Waals surface area (Å²) in [7, 11) is 0. The molecule has 22 heavy (non-hydrogen) atoms. The number of aliphatic hydroxyl groups excluding tert-OH is 2. The van der Waals surface area contributed by atoms with Crippen molar-refractivity contribution in [3.05, 3.63) is 35.9 Å². The van der Waals surface area contributed by atoms with Crippen molar-refractivity contribution in [1.29, 1.82) is 0 Å². The summed E-state index contributed by atoms with van der Waals surface area (Å²) < 4.78 is 0. The zero-order valence-corrected chi connectivity index (χ0v) is 13.1. The fraction of sp³-hybridized carbons (Fsp3) is 0.611. The summed E-state index contributed by atoms with van der Waals surface area (Å²) >= 11 is 0. The minimum atomic E-state index is -0.389. The Morgan fingerprint density at radius 2 is 1.86 bits per heavy atom. The zero-order chi connectivity index (χ0) is 15.8. The van der Waals surface area contributed by atoms with E-state index in [4.69, 9.17) is 0 Å². The molecule has 4 heteroatoms. The molecule has 0 radical (unpaired) electrons. The van der Waals surface area contributed by atoms with Gasteiger partial charge in [0.15, 0.2) is 0 Å². The minimum absolute atomic E-state index is 0.0632. The lowest BCUT2D eigenvalue weighted by atomic mass is 9.93. The lowest BCUT2D eigenvalue weighted by Gasteiger charge is -2.26. The third kappa shape index (κ3) is 6.16. The molecule has 4 nitrogen and oxygen atoms in total. The standard InChI is InChI=1S/C18H27NO3/c20-16-11-9-15(10-12-16)19-18(22)8-4-7-17(21)13-14-5-2-1-3-6-14/h1-3,5-6,15-17,20-21H,4,7-13H2,(H,19,22)/t15-,16-,17?. The van der Waals surface area contributed by atoms with E-state index in [-0.39, 0.29) is 24.2 Å². The molecule has 1 aromatic carbocycles. The van der Waals surface area contributed by atoms with Crippen molar-refractivity contribution in [1.82, 2.24) is 5.32 Å². The second-order valence-electron chi connectivity index (χ2n) is 6.31. The Labute approximate surface area is 132 Å². The summed E-state index contributed by atoms with van der Waals surface area (Å²) in [5.74, 6) is 0.0632. The highest BCUT2D eigenvalue weighted by Gasteiger charge is 2.20. The van der Waals surface area contributed by atoms with Crippen LogP contribution in [0.4, 0.5) is 0 Å². The van der Waals surface area contributed by atoms with Crippen molar-refractivity contribution in [2.45, 2.75) is 69.6 Å². The molecule has 122 valence electrons. The van der Waals surface area contributed by atoms with Crippen molar-refractivity contribution >= 4 is 5.91 Å². The van der Waals surface area contributed by atoms with Crippen molar-refractivity contribution in [2.75, 3.05) is 0 Å². The van der Waals surface area contributed by atoms with Crippen LogP contribution in [0.15, 0.2) is 30.3 Å². The van der Waals surface area contributed by atoms with Crippen LogP contribution >= 0.6 is 0 Å². The van der Waals surface area contributed by atoms with Crippen LogP contribution in [-0.2, 0) is 11.2 Å². The molecule has 1 amide bonds. The Hall–Kier alpha value is -1.39. The van der Waals surface area contributed by atoms with E-state index in [0.717, 1.165) is 31.2 Å². The molecule has 2 rings (SSSR count). The SMILES string of the molecule is O=C(CCCC(O)Cc1ccccc1)N[C@H]1CC[C@H](O)CC1. The summed E-state index contributed by atoms with van der Waals surface area (Å²) in [6.45, 7) is 0. The molecule has 0 heterocycles. The maximum Gasteiger partial charge on any atom is 0.220 e. The lowest BCUT2D eigenvalue weighted by Crippen LogP contribution is -2.38. The second-order valence-corrected chi connectivity index (χ2v) is 6.31. The highest BCUT2D eigenvalue weighted by Crippen LogP contribution is 2.18. The van der Waals surface area contributed by atoms with Crippen LogP contribution in [0, 0.1) is 0 Å². The number of rotatable bonds is 7. The van der Waals surface area contributed by atoms with E-state index in [1.165, 1.54) is 0 Å². The molecule has 1 aliphatic carbocycles. The molecule has 1 unspecified atom stereocenters. The Bertz CT molecular complexity index is 441. The monoisotopic (exact) mass is 305 g/mol. The van der Waals surface area contributed by atoms with Gasteiger partial charge in [-0.25, -0.2) is 0 Å². The highest BCUT2D eigenvalue weighted by molar-refractivity contribution is 5.76. The number of benzene rings is 1. The van der Waals surface area contributed by atoms with Crippen molar-refractivity contribution < 1.29 is 15.0 Å². The van der Waals surface area contributed by atoms with Gasteiger partial charge in [0.1, 0.15) is 0 Å². The van der Waals surface area contributed by atoms with E-state index in [9.17, 15) is 15.0 Å². The first-order chi connectivity index (χ1) is 10.6. The Kier molecular flexibility index (Phi) is 6.87. The number of aliphatic hydroxyl groups is 2. The average Bonchev–Trinajstić information content (AvgIpc) is 2.50. The van der Waals surface area contributed by atoms with Crippen molar-refractivity contribution in [3.63, 3.8) is 0 Å². The number of amides is 1. The minimum Gasteiger partial charge on any atom is -0.393 e. The van der Waals surface area contributed by atoms with E-state index in [1.54, 1.807) is 0 Å². The van der Waals surface area contributed by atoms with Gasteiger partial charge in [-0.15, -0.1) is 0 Å². The molecule has 3 N–H and O–H groups in total. The molecule has 1 aliphatic rings. The maximum atomic E-state index is 11.9. The topological polar surface area (TPSA) is 69.6 Å². The molecule has 1 fully saturated rings. The van der Waals surface area contributed by atoms with Gasteiger partial charge in [-0.3, -0.25) is 4.79 Å². The zero-order valence-electron chi connectivity index (χ0n) is 13.1. The van der Waals surface area contributed by atoms with Crippen LogP contribution in [0.1, 0.15) is 50.5 Å². The van der Waals surface area contributed by atoms with Gasteiger partial charge in [-0.05, 0) is 50.5 Å². The highest BCUT2D eigenvalue weighted by atomic mass is 16.3. The first-order valence-electron chi connectivity index (χ1n) is 8.33. The van der Waals surface area contributed by atoms with Gasteiger partial charge < -0.3 is 15.5 Å². The smallest absolute Gasteiger partial charge is 0.220 e. The van der Waals surface area contributed by atoms with Gasteiger partial charge in [0, 0.05) is 12.5 Å². The van der Waals surface area contributed by atoms with E-state index >= 15 is 0 Å². The first kappa shape index (κ1) is 17.0. The van der Waals surface area contributed by atoms with Crippen LogP contribution in [0.5, 0.6) is 0 Å². The molecule has 1 aromatic rings. The molecule has 0 bridgehead atoms. The van der Waals surface area contributed by atoms with Gasteiger partial charge in [0.25, 0.3) is 0 Å². The maximum absolute atomic E-state index is 11.9. The number of carbonyl (C=O) groups is 1. The van der Waals surface area contributed by atoms with Crippen molar-refractivity contribution in [3.8, 4) is 0 Å². The lowest BCUT2D eigenvalue weighted by molar-refractivity contribution is -0.122. The van der Waals surface area contributed by atoms with E-state index in [1.807, 2.05) is 30.3 Å². The fourth-order valence-electron chi connectivity index (χ4n) is 3.01. The largest absolute Gasteiger partial charge is 0.393 e. The molecule has 1 atom stereocenters. The summed E-state index contributed by atoms with van der Waals surface area (Å²) in [4.78, 5) is 11.9. The summed E-state index contributed by atoms with van der Waals surface area (Å²) in [6, 6.07) is 10.1. The Morgan fingerprint density at radius 3 is 2.55 bits per heavy atom. The van der Waals surface area contributed by atoms with Gasteiger partial charge in [-0.1, -0.05) is 30.3 Å². The Morgan fingerprint density at radius 1 is 1.18 bits per heavy atom. The third-order valence-corrected chi connectivity index (χ3v) is 4.32. The summed E-state index contributed by atoms with van der Waals surface area (Å²) in [5, 5.41) is 22.5. The predicted octanol–water partition coefficient (Wildman–Crippen LogP) is 2.18. The molecule has 0 aliphatic heterocycles. The number of nitrogens with one attached hydrogen (secondary N) is 1.